The molecule has 4 N–H and O–H groups in total. The number of nitrogens with one attached hydrogen (secondary N) is 2. The lowest BCUT2D eigenvalue weighted by Gasteiger charge is -2.00. The van der Waals surface area contributed by atoms with Crippen molar-refractivity contribution in [2.75, 3.05) is 0 Å². The lowest BCUT2D eigenvalue weighted by molar-refractivity contribution is 0.109. The van der Waals surface area contributed by atoms with Gasteiger partial charge >= 0.3 is 7.12 Å². The van der Waals surface area contributed by atoms with Crippen molar-refractivity contribution in [1.29, 1.82) is 0 Å². The molecule has 0 unspecified atom stereocenters. The predicted octanol–water partition coefficient (Wildman–Crippen LogP) is 8.22. The van der Waals surface area contributed by atoms with E-state index in [2.05, 4.69) is 59.1 Å². The highest BCUT2D eigenvalue weighted by atomic mass is 127. The normalized spacial score (nSPS) is 10.7. The van der Waals surface area contributed by atoms with E-state index in [-0.39, 0.29) is 11.4 Å². The molecule has 0 saturated carbocycles. The van der Waals surface area contributed by atoms with Crippen LogP contribution in [0.2, 0.25) is 10.0 Å². The van der Waals surface area contributed by atoms with E-state index in [1.54, 1.807) is 12.1 Å². The number of nitrogens with zero attached hydrogens (tertiary/aromatic N) is 2. The minimum Gasteiger partial charge on any atom is -0.462 e. The molecule has 50 heavy (non-hydrogen) atoms. The first-order valence-electron chi connectivity index (χ1n) is 14.8. The molecule has 0 atom stereocenters. The van der Waals surface area contributed by atoms with Crippen LogP contribution in [0.15, 0.2) is 118 Å². The van der Waals surface area contributed by atoms with E-state index in [1.807, 2.05) is 72.8 Å². The molecule has 8 aromatic rings. The number of aldehydes is 2. The van der Waals surface area contributed by atoms with Crippen molar-refractivity contribution in [2.45, 2.75) is 0 Å². The first kappa shape index (κ1) is 34.9. The summed E-state index contributed by atoms with van der Waals surface area (Å²) in [6, 6.07) is 33.4. The van der Waals surface area contributed by atoms with Crippen molar-refractivity contribution >= 4 is 93.2 Å². The van der Waals surface area contributed by atoms with Gasteiger partial charge in [0.2, 0.25) is 0 Å². The molecule has 4 aromatic heterocycles. The summed E-state index contributed by atoms with van der Waals surface area (Å²) >= 11 is 14.6. The second-order valence-electron chi connectivity index (χ2n) is 10.6. The average Bonchev–Trinajstić information content (AvgIpc) is 3.95. The summed E-state index contributed by atoms with van der Waals surface area (Å²) in [5.41, 5.74) is 6.26. The quantitative estimate of drug-likeness (QED) is 0.0743. The Kier molecular flexibility index (Phi) is 10.9. The summed E-state index contributed by atoms with van der Waals surface area (Å²) in [6.07, 6.45) is 1.18. The van der Waals surface area contributed by atoms with E-state index < -0.39 is 7.12 Å². The Morgan fingerprint density at radius 3 is 1.66 bits per heavy atom. The van der Waals surface area contributed by atoms with E-state index in [9.17, 15) is 9.59 Å². The summed E-state index contributed by atoms with van der Waals surface area (Å²) in [5, 5.41) is 18.2. The molecule has 10 nitrogen and oxygen atoms in total. The van der Waals surface area contributed by atoms with Gasteiger partial charge in [-0.15, -0.1) is 0 Å². The molecule has 4 heterocycles. The maximum absolute atomic E-state index is 10.7. The summed E-state index contributed by atoms with van der Waals surface area (Å²) < 4.78 is 11.3. The number of hydrogen-bond acceptors (Lipinski definition) is 8. The summed E-state index contributed by atoms with van der Waals surface area (Å²) in [4.78, 5) is 36.4. The van der Waals surface area contributed by atoms with Gasteiger partial charge in [0.15, 0.2) is 24.1 Å². The number of carbonyl (C=O) groups is 2. The van der Waals surface area contributed by atoms with E-state index in [1.165, 1.54) is 15.7 Å². The van der Waals surface area contributed by atoms with Crippen LogP contribution in [0.1, 0.15) is 21.1 Å². The van der Waals surface area contributed by atoms with Crippen LogP contribution in [0.4, 0.5) is 0 Å². The van der Waals surface area contributed by atoms with Gasteiger partial charge in [0, 0.05) is 20.3 Å². The third kappa shape index (κ3) is 8.07. The monoisotopic (exact) mass is 816 g/mol. The van der Waals surface area contributed by atoms with Gasteiger partial charge in [0.05, 0.1) is 21.1 Å². The van der Waals surface area contributed by atoms with Crippen molar-refractivity contribution in [3.05, 3.63) is 134 Å². The Morgan fingerprint density at radius 1 is 0.640 bits per heavy atom. The number of aromatic nitrogens is 4. The Balaban J connectivity index is 0.000000141. The number of hydrogen-bond donors (Lipinski definition) is 4. The number of aromatic amines is 2. The third-order valence-corrected chi connectivity index (χ3v) is 8.49. The van der Waals surface area contributed by atoms with Crippen molar-refractivity contribution in [2.24, 2.45) is 0 Å². The number of rotatable bonds is 6. The van der Waals surface area contributed by atoms with Crippen LogP contribution in [0.25, 0.3) is 56.2 Å². The van der Waals surface area contributed by atoms with Gasteiger partial charge < -0.3 is 28.9 Å². The highest BCUT2D eigenvalue weighted by molar-refractivity contribution is 14.1. The Bertz CT molecular complexity index is 2440. The average molecular weight is 817 g/mol. The van der Waals surface area contributed by atoms with Gasteiger partial charge in [-0.1, -0.05) is 65.7 Å². The Labute approximate surface area is 308 Å². The van der Waals surface area contributed by atoms with Crippen molar-refractivity contribution in [3.63, 3.8) is 0 Å². The summed E-state index contributed by atoms with van der Waals surface area (Å²) in [5.74, 6) is 2.62. The lowest BCUT2D eigenvalue weighted by Crippen LogP contribution is -2.27. The molecule has 0 radical (unpaired) electrons. The minimum absolute atomic E-state index is 0.0258. The fourth-order valence-electron chi connectivity index (χ4n) is 4.87. The number of para-hydroxylation sites is 2. The predicted molar refractivity (Wildman–Crippen MR) is 203 cm³/mol. The maximum atomic E-state index is 10.7. The van der Waals surface area contributed by atoms with Crippen LogP contribution >= 0.6 is 45.8 Å². The number of benzene rings is 4. The molecule has 8 rings (SSSR count). The van der Waals surface area contributed by atoms with Crippen LogP contribution in [0, 0.1) is 3.57 Å². The van der Waals surface area contributed by atoms with Crippen LogP contribution in [0.5, 0.6) is 0 Å². The number of halogens is 3. The second kappa shape index (κ2) is 15.7. The highest BCUT2D eigenvalue weighted by Crippen LogP contribution is 2.30. The zero-order valence-electron chi connectivity index (χ0n) is 25.7. The molecule has 248 valence electrons. The van der Waals surface area contributed by atoms with Gasteiger partial charge in [-0.3, -0.25) is 9.59 Å². The van der Waals surface area contributed by atoms with Gasteiger partial charge in [-0.05, 0) is 89.3 Å². The van der Waals surface area contributed by atoms with Crippen molar-refractivity contribution < 1.29 is 28.5 Å². The molecule has 0 aliphatic rings. The van der Waals surface area contributed by atoms with Crippen LogP contribution in [-0.4, -0.2) is 49.7 Å². The fourth-order valence-corrected chi connectivity index (χ4v) is 5.84. The van der Waals surface area contributed by atoms with E-state index in [4.69, 9.17) is 37.7 Å². The zero-order valence-corrected chi connectivity index (χ0v) is 29.3. The standard InChI is InChI=1S/C18H11ClN2O2.C13H8ClIN2.C5H5BO4/c19-14-5-2-6-15-17(14)21-18(20-15)12-4-1-3-11(9-12)16-8-7-13(10-22)23-16;14-10-5-2-6-11-12(10)17-13(16-11)8-3-1-4-9(15)7-8;7-3-4-1-2-5(10-4)6(8)9/h1-10H,(H,20,21);1-7H,(H,16,17);1-3,8-9H. The Morgan fingerprint density at radius 2 is 1.16 bits per heavy atom. The lowest BCUT2D eigenvalue weighted by atomic mass is 9.88. The molecule has 0 fully saturated rings. The first-order chi connectivity index (χ1) is 24.2. The van der Waals surface area contributed by atoms with Gasteiger partial charge in [-0.25, -0.2) is 9.97 Å². The molecule has 0 bridgehead atoms. The van der Waals surface area contributed by atoms with Crippen LogP contribution in [0.3, 0.4) is 0 Å². The molecule has 0 aliphatic carbocycles. The first-order valence-corrected chi connectivity index (χ1v) is 16.7. The number of furan rings is 2. The molecular weight excluding hydrogens is 793 g/mol. The highest BCUT2D eigenvalue weighted by Gasteiger charge is 2.15. The summed E-state index contributed by atoms with van der Waals surface area (Å²) in [7, 11) is -1.64. The van der Waals surface area contributed by atoms with Gasteiger partial charge in [0.1, 0.15) is 34.1 Å². The topological polar surface area (TPSA) is 158 Å². The SMILES string of the molecule is Clc1cccc2[nH]c(-c3cccc(I)c3)nc12.O=Cc1ccc(-c2cccc(-c3nc4c(Cl)cccc4[nH]3)c2)o1.O=Cc1ccc(B(O)O)o1. The number of fused-ring (bicyclic) bond motifs is 2. The number of imidazole rings is 2. The molecule has 14 heteroatoms. The van der Waals surface area contributed by atoms with E-state index >= 15 is 0 Å². The van der Waals surface area contributed by atoms with Crippen molar-refractivity contribution in [1.82, 2.24) is 19.9 Å². The maximum Gasteiger partial charge on any atom is 0.526 e. The van der Waals surface area contributed by atoms with Crippen molar-refractivity contribution in [3.8, 4) is 34.1 Å². The molecule has 4 aromatic carbocycles. The van der Waals surface area contributed by atoms with E-state index in [0.29, 0.717) is 34.1 Å². The van der Waals surface area contributed by atoms with E-state index in [0.717, 1.165) is 50.4 Å². The largest absolute Gasteiger partial charge is 0.526 e. The smallest absolute Gasteiger partial charge is 0.462 e. The van der Waals surface area contributed by atoms with Gasteiger partial charge in [0.25, 0.3) is 0 Å². The molecule has 0 aliphatic heterocycles. The fraction of sp³-hybridized carbons (Fsp3) is 0. The molecule has 0 saturated heterocycles. The number of carbonyl (C=O) groups excluding carboxylic acids is 2. The zero-order chi connectivity index (χ0) is 35.2. The molecule has 0 amide bonds. The molecular formula is C36H24BCl2IN4O6. The molecule has 0 spiro atoms. The minimum atomic E-state index is -1.64. The second-order valence-corrected chi connectivity index (χ2v) is 12.6. The van der Waals surface area contributed by atoms with Crippen LogP contribution in [-0.2, 0) is 0 Å². The third-order valence-electron chi connectivity index (χ3n) is 7.21. The van der Waals surface area contributed by atoms with Gasteiger partial charge in [-0.2, -0.15) is 0 Å². The number of H-pyrrole nitrogens is 2. The Hall–Kier alpha value is -4.99. The van der Waals surface area contributed by atoms with Crippen LogP contribution < -0.4 is 5.66 Å². The summed E-state index contributed by atoms with van der Waals surface area (Å²) in [6.45, 7) is 0.